The van der Waals surface area contributed by atoms with Gasteiger partial charge in [0.2, 0.25) is 0 Å². The van der Waals surface area contributed by atoms with Gasteiger partial charge in [-0.1, -0.05) is 33.1 Å². The highest BCUT2D eigenvalue weighted by Gasteiger charge is 2.30. The molecule has 0 aromatic rings. The van der Waals surface area contributed by atoms with Crippen molar-refractivity contribution in [2.24, 2.45) is 5.41 Å². The molecule has 0 aliphatic carbocycles. The van der Waals surface area contributed by atoms with Crippen molar-refractivity contribution in [1.29, 1.82) is 0 Å². The van der Waals surface area contributed by atoms with Crippen LogP contribution in [0.25, 0.3) is 0 Å². The van der Waals surface area contributed by atoms with Gasteiger partial charge in [0.15, 0.2) is 0 Å². The zero-order valence-corrected chi connectivity index (χ0v) is 8.39. The van der Waals surface area contributed by atoms with Crippen LogP contribution < -0.4 is 0 Å². The van der Waals surface area contributed by atoms with Crippen molar-refractivity contribution in [3.63, 3.8) is 0 Å². The van der Waals surface area contributed by atoms with Gasteiger partial charge in [-0.05, 0) is 19.8 Å². The van der Waals surface area contributed by atoms with Gasteiger partial charge < -0.3 is 5.11 Å². The van der Waals surface area contributed by atoms with Crippen molar-refractivity contribution in [3.8, 4) is 0 Å². The maximum Gasteiger partial charge on any atom is 0.309 e. The highest BCUT2D eigenvalue weighted by atomic mass is 16.4. The zero-order valence-electron chi connectivity index (χ0n) is 8.39. The first kappa shape index (κ1) is 11.5. The summed E-state index contributed by atoms with van der Waals surface area (Å²) in [6, 6.07) is 0. The minimum Gasteiger partial charge on any atom is -0.481 e. The van der Waals surface area contributed by atoms with Gasteiger partial charge in [0, 0.05) is 0 Å². The second-order valence-electron chi connectivity index (χ2n) is 3.72. The lowest BCUT2D eigenvalue weighted by Crippen LogP contribution is -2.27. The van der Waals surface area contributed by atoms with Crippen LogP contribution >= 0.6 is 0 Å². The Bertz CT molecular complexity index is 143. The molecule has 0 bridgehead atoms. The maximum atomic E-state index is 10.9. The Hall–Kier alpha value is -0.530. The summed E-state index contributed by atoms with van der Waals surface area (Å²) in [6.45, 7) is 5.98. The van der Waals surface area contributed by atoms with E-state index >= 15 is 0 Å². The third kappa shape index (κ3) is 3.24. The van der Waals surface area contributed by atoms with Gasteiger partial charge in [-0.25, -0.2) is 0 Å². The molecule has 1 N–H and O–H groups in total. The van der Waals surface area contributed by atoms with Crippen LogP contribution in [-0.2, 0) is 4.79 Å². The Morgan fingerprint density at radius 2 is 1.83 bits per heavy atom. The highest BCUT2D eigenvalue weighted by Crippen LogP contribution is 2.29. The highest BCUT2D eigenvalue weighted by molar-refractivity contribution is 5.73. The van der Waals surface area contributed by atoms with Crippen LogP contribution in [0.1, 0.15) is 52.9 Å². The number of rotatable bonds is 6. The first-order valence-corrected chi connectivity index (χ1v) is 4.80. The molecule has 0 radical (unpaired) electrons. The van der Waals surface area contributed by atoms with Gasteiger partial charge in [0.05, 0.1) is 5.41 Å². The number of carbonyl (C=O) groups is 1. The lowest BCUT2D eigenvalue weighted by atomic mass is 9.81. The SMILES string of the molecule is CCCC[C@](C)(CCC)C(=O)O. The standard InChI is InChI=1S/C10H20O2/c1-4-6-8-10(3,7-5-2)9(11)12/h4-8H2,1-3H3,(H,11,12)/t10-/m0/s1. The molecule has 12 heavy (non-hydrogen) atoms. The summed E-state index contributed by atoms with van der Waals surface area (Å²) in [5.41, 5.74) is -0.481. The molecule has 2 heteroatoms. The third-order valence-corrected chi connectivity index (χ3v) is 2.40. The van der Waals surface area contributed by atoms with E-state index in [4.69, 9.17) is 5.11 Å². The quantitative estimate of drug-likeness (QED) is 0.668. The molecular weight excluding hydrogens is 152 g/mol. The molecule has 2 nitrogen and oxygen atoms in total. The molecule has 0 heterocycles. The molecular formula is C10H20O2. The van der Waals surface area contributed by atoms with Crippen molar-refractivity contribution in [2.45, 2.75) is 52.9 Å². The van der Waals surface area contributed by atoms with Crippen molar-refractivity contribution >= 4 is 5.97 Å². The third-order valence-electron chi connectivity index (χ3n) is 2.40. The van der Waals surface area contributed by atoms with Gasteiger partial charge in [0.1, 0.15) is 0 Å². The van der Waals surface area contributed by atoms with E-state index in [1.165, 1.54) is 0 Å². The van der Waals surface area contributed by atoms with Gasteiger partial charge >= 0.3 is 5.97 Å². The van der Waals surface area contributed by atoms with Gasteiger partial charge in [-0.3, -0.25) is 4.79 Å². The first-order chi connectivity index (χ1) is 5.56. The van der Waals surface area contributed by atoms with Crippen molar-refractivity contribution in [3.05, 3.63) is 0 Å². The first-order valence-electron chi connectivity index (χ1n) is 4.80. The van der Waals surface area contributed by atoms with E-state index in [0.717, 1.165) is 32.1 Å². The lowest BCUT2D eigenvalue weighted by Gasteiger charge is -2.23. The molecule has 0 unspecified atom stereocenters. The lowest BCUT2D eigenvalue weighted by molar-refractivity contribution is -0.148. The van der Waals surface area contributed by atoms with Crippen LogP contribution in [0.15, 0.2) is 0 Å². The smallest absolute Gasteiger partial charge is 0.309 e. The molecule has 0 aromatic carbocycles. The van der Waals surface area contributed by atoms with E-state index in [0.29, 0.717) is 0 Å². The molecule has 72 valence electrons. The fourth-order valence-corrected chi connectivity index (χ4v) is 1.46. The molecule has 0 saturated heterocycles. The summed E-state index contributed by atoms with van der Waals surface area (Å²) in [5, 5.41) is 8.99. The Morgan fingerprint density at radius 1 is 1.25 bits per heavy atom. The molecule has 0 aliphatic rings. The van der Waals surface area contributed by atoms with Crippen molar-refractivity contribution in [1.82, 2.24) is 0 Å². The second kappa shape index (κ2) is 5.18. The summed E-state index contributed by atoms with van der Waals surface area (Å²) in [4.78, 5) is 10.9. The second-order valence-corrected chi connectivity index (χ2v) is 3.72. The van der Waals surface area contributed by atoms with Crippen LogP contribution in [0, 0.1) is 5.41 Å². The molecule has 0 amide bonds. The van der Waals surface area contributed by atoms with Crippen LogP contribution in [0.3, 0.4) is 0 Å². The average molecular weight is 172 g/mol. The van der Waals surface area contributed by atoms with E-state index in [9.17, 15) is 4.79 Å². The normalized spacial score (nSPS) is 15.6. The molecule has 0 aliphatic heterocycles. The number of hydrogen-bond donors (Lipinski definition) is 1. The van der Waals surface area contributed by atoms with Crippen LogP contribution in [0.4, 0.5) is 0 Å². The molecule has 0 spiro atoms. The topological polar surface area (TPSA) is 37.3 Å². The number of aliphatic carboxylic acids is 1. The molecule has 0 saturated carbocycles. The number of unbranched alkanes of at least 4 members (excludes halogenated alkanes) is 1. The number of carboxylic acids is 1. The summed E-state index contributed by atoms with van der Waals surface area (Å²) >= 11 is 0. The van der Waals surface area contributed by atoms with E-state index in [-0.39, 0.29) is 0 Å². The summed E-state index contributed by atoms with van der Waals surface area (Å²) in [7, 11) is 0. The van der Waals surface area contributed by atoms with Crippen LogP contribution in [0.2, 0.25) is 0 Å². The van der Waals surface area contributed by atoms with E-state index in [2.05, 4.69) is 6.92 Å². The summed E-state index contributed by atoms with van der Waals surface area (Å²) < 4.78 is 0. The molecule has 1 atom stereocenters. The van der Waals surface area contributed by atoms with E-state index in [1.807, 2.05) is 13.8 Å². The predicted molar refractivity (Wildman–Crippen MR) is 50.2 cm³/mol. The Morgan fingerprint density at radius 3 is 2.17 bits per heavy atom. The van der Waals surface area contributed by atoms with Crippen LogP contribution in [-0.4, -0.2) is 11.1 Å². The Labute approximate surface area is 75.0 Å². The van der Waals surface area contributed by atoms with Gasteiger partial charge in [0.25, 0.3) is 0 Å². The van der Waals surface area contributed by atoms with E-state index < -0.39 is 11.4 Å². The maximum absolute atomic E-state index is 10.9. The minimum absolute atomic E-state index is 0.481. The molecule has 0 aromatic heterocycles. The van der Waals surface area contributed by atoms with Crippen molar-refractivity contribution in [2.75, 3.05) is 0 Å². The Kier molecular flexibility index (Phi) is 4.95. The largest absolute Gasteiger partial charge is 0.481 e. The molecule has 0 rings (SSSR count). The summed E-state index contributed by atoms with van der Waals surface area (Å²) in [5.74, 6) is -0.641. The average Bonchev–Trinajstić information content (AvgIpc) is 2.01. The molecule has 0 fully saturated rings. The minimum atomic E-state index is -0.641. The monoisotopic (exact) mass is 172 g/mol. The van der Waals surface area contributed by atoms with E-state index in [1.54, 1.807) is 0 Å². The number of hydrogen-bond acceptors (Lipinski definition) is 1. The van der Waals surface area contributed by atoms with Crippen molar-refractivity contribution < 1.29 is 9.90 Å². The predicted octanol–water partition coefficient (Wildman–Crippen LogP) is 3.07. The summed E-state index contributed by atoms with van der Waals surface area (Å²) in [6.07, 6.45) is 4.65. The van der Waals surface area contributed by atoms with Gasteiger partial charge in [-0.15, -0.1) is 0 Å². The Balaban J connectivity index is 4.08. The zero-order chi connectivity index (χ0) is 9.61. The van der Waals surface area contributed by atoms with Gasteiger partial charge in [-0.2, -0.15) is 0 Å². The fourth-order valence-electron chi connectivity index (χ4n) is 1.46. The fraction of sp³-hybridized carbons (Fsp3) is 0.900. The number of carboxylic acid groups (broad SMARTS) is 1. The van der Waals surface area contributed by atoms with Crippen LogP contribution in [0.5, 0.6) is 0 Å².